The van der Waals surface area contributed by atoms with E-state index in [9.17, 15) is 9.59 Å². The van der Waals surface area contributed by atoms with Crippen molar-refractivity contribution in [3.8, 4) is 11.5 Å². The van der Waals surface area contributed by atoms with Crippen LogP contribution in [0.2, 0.25) is 0 Å². The average molecular weight is 374 g/mol. The fourth-order valence-electron chi connectivity index (χ4n) is 2.66. The van der Waals surface area contributed by atoms with E-state index >= 15 is 0 Å². The molecule has 0 aliphatic carbocycles. The van der Waals surface area contributed by atoms with Gasteiger partial charge in [0.15, 0.2) is 16.6 Å². The summed E-state index contributed by atoms with van der Waals surface area (Å²) in [4.78, 5) is 28.8. The van der Waals surface area contributed by atoms with E-state index in [2.05, 4.69) is 10.3 Å². The molecule has 0 atom stereocenters. The van der Waals surface area contributed by atoms with Crippen molar-refractivity contribution in [2.75, 3.05) is 19.5 Å². The van der Waals surface area contributed by atoms with Crippen LogP contribution >= 0.6 is 11.3 Å². The highest BCUT2D eigenvalue weighted by Gasteiger charge is 2.18. The third-order valence-electron chi connectivity index (χ3n) is 3.99. The molecule has 0 bridgehead atoms. The number of carbonyl (C=O) groups is 1. The normalized spacial score (nSPS) is 10.8. The predicted molar refractivity (Wildman–Crippen MR) is 99.5 cm³/mol. The Morgan fingerprint density at radius 1 is 1.23 bits per heavy atom. The number of ether oxygens (including phenoxy) is 2. The van der Waals surface area contributed by atoms with Crippen LogP contribution in [0.5, 0.6) is 11.5 Å². The minimum atomic E-state index is -0.548. The number of anilines is 1. The van der Waals surface area contributed by atoms with Crippen molar-refractivity contribution in [3.63, 3.8) is 0 Å². The Balaban J connectivity index is 1.97. The second kappa shape index (κ2) is 7.17. The van der Waals surface area contributed by atoms with E-state index in [1.54, 1.807) is 19.1 Å². The summed E-state index contributed by atoms with van der Waals surface area (Å²) in [5.74, 6) is 0.660. The van der Waals surface area contributed by atoms with Crippen molar-refractivity contribution in [3.05, 3.63) is 44.8 Å². The molecule has 2 heterocycles. The van der Waals surface area contributed by atoms with Crippen molar-refractivity contribution in [2.45, 2.75) is 20.3 Å². The minimum absolute atomic E-state index is 0.100. The van der Waals surface area contributed by atoms with Gasteiger partial charge in [0.1, 0.15) is 5.58 Å². The van der Waals surface area contributed by atoms with Gasteiger partial charge in [-0.1, -0.05) is 0 Å². The fourth-order valence-corrected chi connectivity index (χ4v) is 3.36. The molecule has 0 radical (unpaired) electrons. The molecule has 1 aromatic carbocycles. The first-order valence-corrected chi connectivity index (χ1v) is 8.71. The average Bonchev–Trinajstić information content (AvgIpc) is 3.02. The summed E-state index contributed by atoms with van der Waals surface area (Å²) >= 11 is 1.33. The first kappa shape index (κ1) is 17.9. The van der Waals surface area contributed by atoms with Gasteiger partial charge in [-0.25, -0.2) is 9.78 Å². The number of carbonyl (C=O) groups excluding carboxylic acids is 1. The van der Waals surface area contributed by atoms with E-state index in [0.29, 0.717) is 38.7 Å². The maximum atomic E-state index is 12.4. The van der Waals surface area contributed by atoms with E-state index < -0.39 is 5.63 Å². The molecule has 0 spiro atoms. The third-order valence-corrected chi connectivity index (χ3v) is 4.87. The number of aromatic nitrogens is 1. The molecule has 8 heteroatoms. The highest BCUT2D eigenvalue weighted by atomic mass is 32.1. The SMILES string of the molecule is COc1cc2oc(=O)c(CC(=O)Nc3nc(C)cs3)c(C)c2cc1OC. The lowest BCUT2D eigenvalue weighted by Gasteiger charge is -2.11. The highest BCUT2D eigenvalue weighted by molar-refractivity contribution is 7.13. The number of amides is 1. The highest BCUT2D eigenvalue weighted by Crippen LogP contribution is 2.33. The van der Waals surface area contributed by atoms with Gasteiger partial charge < -0.3 is 19.2 Å². The van der Waals surface area contributed by atoms with Gasteiger partial charge in [0.2, 0.25) is 5.91 Å². The standard InChI is InChI=1S/C18H18N2O5S/c1-9-8-26-18(19-9)20-16(21)6-12-10(2)11-5-14(23-3)15(24-4)7-13(11)25-17(12)22/h5,7-8H,6H2,1-4H3,(H,19,20,21). The monoisotopic (exact) mass is 374 g/mol. The Bertz CT molecular complexity index is 1040. The van der Waals surface area contributed by atoms with Gasteiger partial charge in [-0.15, -0.1) is 11.3 Å². The molecule has 0 saturated carbocycles. The lowest BCUT2D eigenvalue weighted by atomic mass is 10.0. The van der Waals surface area contributed by atoms with Gasteiger partial charge in [0.25, 0.3) is 0 Å². The number of hydrogen-bond donors (Lipinski definition) is 1. The van der Waals surface area contributed by atoms with Crippen molar-refractivity contribution in [1.82, 2.24) is 4.98 Å². The summed E-state index contributed by atoms with van der Waals surface area (Å²) in [6.45, 7) is 3.62. The fraction of sp³-hybridized carbons (Fsp3) is 0.278. The number of fused-ring (bicyclic) bond motifs is 1. The van der Waals surface area contributed by atoms with Gasteiger partial charge in [0.05, 0.1) is 31.9 Å². The molecule has 0 aliphatic rings. The smallest absolute Gasteiger partial charge is 0.340 e. The molecule has 3 rings (SSSR count). The van der Waals surface area contributed by atoms with Gasteiger partial charge in [-0.3, -0.25) is 4.79 Å². The second-order valence-electron chi connectivity index (χ2n) is 5.72. The van der Waals surface area contributed by atoms with Crippen molar-refractivity contribution >= 4 is 33.3 Å². The van der Waals surface area contributed by atoms with Crippen molar-refractivity contribution in [1.29, 1.82) is 0 Å². The molecular weight excluding hydrogens is 356 g/mol. The largest absolute Gasteiger partial charge is 0.493 e. The molecule has 26 heavy (non-hydrogen) atoms. The molecule has 7 nitrogen and oxygen atoms in total. The molecule has 1 amide bonds. The first-order chi connectivity index (χ1) is 12.4. The number of methoxy groups -OCH3 is 2. The lowest BCUT2D eigenvalue weighted by Crippen LogP contribution is -2.20. The van der Waals surface area contributed by atoms with E-state index in [0.717, 1.165) is 5.69 Å². The summed E-state index contributed by atoms with van der Waals surface area (Å²) in [7, 11) is 3.04. The van der Waals surface area contributed by atoms with Crippen LogP contribution in [0.15, 0.2) is 26.7 Å². The Labute approximate surface area is 153 Å². The summed E-state index contributed by atoms with van der Waals surface area (Å²) in [6.07, 6.45) is -0.100. The van der Waals surface area contributed by atoms with Crippen LogP contribution in [0, 0.1) is 13.8 Å². The van der Waals surface area contributed by atoms with E-state index in [-0.39, 0.29) is 12.3 Å². The molecule has 2 aromatic heterocycles. The molecule has 0 saturated heterocycles. The molecule has 1 N–H and O–H groups in total. The van der Waals surface area contributed by atoms with Gasteiger partial charge in [-0.05, 0) is 25.5 Å². The van der Waals surface area contributed by atoms with Crippen molar-refractivity contribution < 1.29 is 18.7 Å². The van der Waals surface area contributed by atoms with Crippen LogP contribution in [0.1, 0.15) is 16.8 Å². The summed E-state index contributed by atoms with van der Waals surface area (Å²) < 4.78 is 15.9. The van der Waals surface area contributed by atoms with Gasteiger partial charge in [-0.2, -0.15) is 0 Å². The molecule has 136 valence electrons. The first-order valence-electron chi connectivity index (χ1n) is 7.83. The Hall–Kier alpha value is -2.87. The number of rotatable bonds is 5. The molecule has 0 unspecified atom stereocenters. The second-order valence-corrected chi connectivity index (χ2v) is 6.57. The maximum absolute atomic E-state index is 12.4. The van der Waals surface area contributed by atoms with Crippen LogP contribution in [-0.2, 0) is 11.2 Å². The zero-order valence-electron chi connectivity index (χ0n) is 14.8. The third kappa shape index (κ3) is 3.41. The number of hydrogen-bond acceptors (Lipinski definition) is 7. The number of aryl methyl sites for hydroxylation is 2. The summed E-state index contributed by atoms with van der Waals surface area (Å²) in [5, 5.41) is 5.73. The minimum Gasteiger partial charge on any atom is -0.493 e. The van der Waals surface area contributed by atoms with Crippen molar-refractivity contribution in [2.24, 2.45) is 0 Å². The zero-order chi connectivity index (χ0) is 18.8. The van der Waals surface area contributed by atoms with E-state index in [4.69, 9.17) is 13.9 Å². The van der Waals surface area contributed by atoms with Crippen LogP contribution in [-0.4, -0.2) is 25.1 Å². The Morgan fingerprint density at radius 3 is 2.54 bits per heavy atom. The topological polar surface area (TPSA) is 90.7 Å². The molecule has 0 aliphatic heterocycles. The Kier molecular flexibility index (Phi) is 4.94. The lowest BCUT2D eigenvalue weighted by molar-refractivity contribution is -0.115. The van der Waals surface area contributed by atoms with E-state index in [1.807, 2.05) is 12.3 Å². The van der Waals surface area contributed by atoms with Gasteiger partial charge >= 0.3 is 5.63 Å². The van der Waals surface area contributed by atoms with Crippen LogP contribution in [0.3, 0.4) is 0 Å². The maximum Gasteiger partial charge on any atom is 0.340 e. The number of nitrogens with zero attached hydrogens (tertiary/aromatic N) is 1. The van der Waals surface area contributed by atoms with Gasteiger partial charge in [0, 0.05) is 16.8 Å². The number of nitrogens with one attached hydrogen (secondary N) is 1. The zero-order valence-corrected chi connectivity index (χ0v) is 15.7. The Morgan fingerprint density at radius 2 is 1.92 bits per heavy atom. The quantitative estimate of drug-likeness (QED) is 0.690. The predicted octanol–water partition coefficient (Wildman–Crippen LogP) is 3.06. The van der Waals surface area contributed by atoms with E-state index in [1.165, 1.54) is 25.6 Å². The molecule has 3 aromatic rings. The molecular formula is C18H18N2O5S. The number of benzene rings is 1. The number of thiazole rings is 1. The van der Waals surface area contributed by atoms with Crippen LogP contribution in [0.25, 0.3) is 11.0 Å². The summed E-state index contributed by atoms with van der Waals surface area (Å²) in [5.41, 5.74) is 1.63. The van der Waals surface area contributed by atoms with Crippen LogP contribution in [0.4, 0.5) is 5.13 Å². The van der Waals surface area contributed by atoms with Crippen LogP contribution < -0.4 is 20.4 Å². The summed E-state index contributed by atoms with van der Waals surface area (Å²) in [6, 6.07) is 3.34. The molecule has 0 fully saturated rings.